The summed E-state index contributed by atoms with van der Waals surface area (Å²) in [5.41, 5.74) is 0.252. The number of rotatable bonds is 1. The van der Waals surface area contributed by atoms with Crippen molar-refractivity contribution < 1.29 is 9.53 Å². The van der Waals surface area contributed by atoms with Gasteiger partial charge < -0.3 is 10.1 Å². The molecule has 0 aliphatic heterocycles. The fourth-order valence-electron chi connectivity index (χ4n) is 1.45. The number of hydrogen-bond acceptors (Lipinski definition) is 5. The van der Waals surface area contributed by atoms with E-state index in [9.17, 15) is 4.79 Å². The lowest BCUT2D eigenvalue weighted by Crippen LogP contribution is -2.32. The van der Waals surface area contributed by atoms with Gasteiger partial charge in [-0.3, -0.25) is 0 Å². The molecule has 2 rings (SSSR count). The van der Waals surface area contributed by atoms with Gasteiger partial charge in [0.05, 0.1) is 21.6 Å². The quantitative estimate of drug-likeness (QED) is 0.646. The van der Waals surface area contributed by atoms with E-state index in [1.165, 1.54) is 17.7 Å². The summed E-state index contributed by atoms with van der Waals surface area (Å²) < 4.78 is 5.91. The summed E-state index contributed by atoms with van der Waals surface area (Å²) >= 11 is 7.39. The number of alkyl carbamates (subject to hydrolysis) is 1. The van der Waals surface area contributed by atoms with Crippen LogP contribution >= 0.6 is 22.9 Å². The minimum Gasteiger partial charge on any atom is -0.444 e. The summed E-state index contributed by atoms with van der Waals surface area (Å²) in [7, 11) is 0. The van der Waals surface area contributed by atoms with Gasteiger partial charge in [0.15, 0.2) is 0 Å². The normalized spacial score (nSPS) is 10.9. The first-order valence-corrected chi connectivity index (χ1v) is 7.40. The Balaban J connectivity index is 1.96. The zero-order valence-corrected chi connectivity index (χ0v) is 13.4. The first-order valence-electron chi connectivity index (χ1n) is 6.21. The summed E-state index contributed by atoms with van der Waals surface area (Å²) in [4.78, 5) is 20.3. The van der Waals surface area contributed by atoms with Crippen molar-refractivity contribution in [2.45, 2.75) is 26.4 Å². The summed E-state index contributed by atoms with van der Waals surface area (Å²) in [6.07, 6.45) is 0.931. The maximum atomic E-state index is 11.4. The van der Waals surface area contributed by atoms with Crippen LogP contribution in [0.15, 0.2) is 12.4 Å². The van der Waals surface area contributed by atoms with E-state index in [1.54, 1.807) is 20.8 Å². The van der Waals surface area contributed by atoms with Crippen LogP contribution in [0.3, 0.4) is 0 Å². The molecule has 0 atom stereocenters. The highest BCUT2D eigenvalue weighted by Crippen LogP contribution is 2.27. The van der Waals surface area contributed by atoms with E-state index in [4.69, 9.17) is 16.3 Å². The van der Waals surface area contributed by atoms with Gasteiger partial charge in [0.25, 0.3) is 0 Å². The van der Waals surface area contributed by atoms with Gasteiger partial charge in [-0.2, -0.15) is 0 Å². The topological polar surface area (TPSA) is 64.1 Å². The molecule has 0 saturated carbocycles. The number of fused-ring (bicyclic) bond motifs is 1. The fourth-order valence-corrected chi connectivity index (χ4v) is 2.57. The average Bonchev–Trinajstić information content (AvgIpc) is 2.77. The maximum absolute atomic E-state index is 11.4. The van der Waals surface area contributed by atoms with Crippen molar-refractivity contribution in [2.75, 3.05) is 6.54 Å². The largest absolute Gasteiger partial charge is 0.444 e. The summed E-state index contributed by atoms with van der Waals surface area (Å²) in [6.45, 7) is 5.63. The summed E-state index contributed by atoms with van der Waals surface area (Å²) in [5, 5.41) is 2.99. The molecule has 0 radical (unpaired) electrons. The molecule has 110 valence electrons. The third kappa shape index (κ3) is 4.59. The molecule has 0 aliphatic rings. The number of amides is 1. The van der Waals surface area contributed by atoms with Crippen molar-refractivity contribution >= 4 is 39.2 Å². The molecule has 0 spiro atoms. The van der Waals surface area contributed by atoms with E-state index in [-0.39, 0.29) is 6.54 Å². The van der Waals surface area contributed by atoms with Crippen LogP contribution in [0.25, 0.3) is 10.2 Å². The lowest BCUT2D eigenvalue weighted by Gasteiger charge is -2.18. The lowest BCUT2D eigenvalue weighted by molar-refractivity contribution is 0.0535. The van der Waals surface area contributed by atoms with Crippen molar-refractivity contribution in [1.82, 2.24) is 15.3 Å². The second-order valence-electron chi connectivity index (χ2n) is 5.15. The molecule has 1 amide bonds. The number of thiophene rings is 1. The predicted octanol–water partition coefficient (Wildman–Crippen LogP) is 3.22. The van der Waals surface area contributed by atoms with Crippen molar-refractivity contribution in [2.24, 2.45) is 0 Å². The first kappa shape index (κ1) is 15.5. The minimum atomic E-state index is -0.515. The second-order valence-corrected chi connectivity index (χ2v) is 6.56. The molecule has 2 aromatic rings. The molecule has 0 bridgehead atoms. The van der Waals surface area contributed by atoms with Crippen molar-refractivity contribution in [3.63, 3.8) is 0 Å². The van der Waals surface area contributed by atoms with Crippen LogP contribution in [-0.4, -0.2) is 28.2 Å². The number of aromatic nitrogens is 2. The molecule has 2 heterocycles. The van der Waals surface area contributed by atoms with E-state index in [2.05, 4.69) is 27.1 Å². The van der Waals surface area contributed by atoms with E-state index in [0.29, 0.717) is 5.15 Å². The van der Waals surface area contributed by atoms with Gasteiger partial charge in [-0.25, -0.2) is 14.8 Å². The van der Waals surface area contributed by atoms with Crippen molar-refractivity contribution in [1.29, 1.82) is 0 Å². The Morgan fingerprint density at radius 1 is 1.48 bits per heavy atom. The molecular weight excluding hydrogens is 310 g/mol. The molecule has 0 fully saturated rings. The molecule has 0 aliphatic carbocycles. The van der Waals surface area contributed by atoms with Crippen LogP contribution in [0.4, 0.5) is 4.79 Å². The Hall–Kier alpha value is -1.84. The Labute approximate surface area is 131 Å². The highest BCUT2D eigenvalue weighted by atomic mass is 35.5. The van der Waals surface area contributed by atoms with Crippen LogP contribution < -0.4 is 5.32 Å². The molecule has 0 unspecified atom stereocenters. The molecule has 0 aromatic carbocycles. The van der Waals surface area contributed by atoms with Crippen LogP contribution in [0.2, 0.25) is 5.15 Å². The Kier molecular flexibility index (Phi) is 4.66. The molecule has 21 heavy (non-hydrogen) atoms. The van der Waals surface area contributed by atoms with E-state index in [0.717, 1.165) is 15.1 Å². The third-order valence-electron chi connectivity index (χ3n) is 2.20. The monoisotopic (exact) mass is 323 g/mol. The molecular formula is C14H14ClN3O2S. The van der Waals surface area contributed by atoms with Crippen LogP contribution in [0.1, 0.15) is 25.6 Å². The molecule has 0 saturated heterocycles. The SMILES string of the molecule is CC(C)(C)OC(=O)NCC#Cc1cc2ncnc(Cl)c2s1. The third-order valence-corrected chi connectivity index (χ3v) is 3.64. The van der Waals surface area contributed by atoms with E-state index < -0.39 is 11.7 Å². The number of carbonyl (C=O) groups excluding carboxylic acids is 1. The molecule has 5 nitrogen and oxygen atoms in total. The molecule has 2 aromatic heterocycles. The van der Waals surface area contributed by atoms with Gasteiger partial charge in [0.2, 0.25) is 0 Å². The van der Waals surface area contributed by atoms with Crippen LogP contribution in [0, 0.1) is 11.8 Å². The zero-order chi connectivity index (χ0) is 15.5. The van der Waals surface area contributed by atoms with E-state index >= 15 is 0 Å². The van der Waals surface area contributed by atoms with Crippen LogP contribution in [0.5, 0.6) is 0 Å². The van der Waals surface area contributed by atoms with Crippen molar-refractivity contribution in [3.05, 3.63) is 22.4 Å². The van der Waals surface area contributed by atoms with Gasteiger partial charge in [-0.15, -0.1) is 11.3 Å². The molecule has 7 heteroatoms. The molecule has 1 N–H and O–H groups in total. The van der Waals surface area contributed by atoms with Gasteiger partial charge in [0.1, 0.15) is 17.1 Å². The standard InChI is InChI=1S/C14H14ClN3O2S/c1-14(2,3)20-13(19)16-6-4-5-9-7-10-11(21-9)12(15)18-8-17-10/h7-8H,6H2,1-3H3,(H,16,19). The number of carbonyl (C=O) groups is 1. The zero-order valence-electron chi connectivity index (χ0n) is 11.9. The predicted molar refractivity (Wildman–Crippen MR) is 83.5 cm³/mol. The number of hydrogen-bond donors (Lipinski definition) is 1. The number of nitrogens with one attached hydrogen (secondary N) is 1. The number of nitrogens with zero attached hydrogens (tertiary/aromatic N) is 2. The summed E-state index contributed by atoms with van der Waals surface area (Å²) in [6, 6.07) is 1.84. The highest BCUT2D eigenvalue weighted by molar-refractivity contribution is 7.20. The van der Waals surface area contributed by atoms with E-state index in [1.807, 2.05) is 6.07 Å². The maximum Gasteiger partial charge on any atom is 0.408 e. The van der Waals surface area contributed by atoms with Crippen LogP contribution in [-0.2, 0) is 4.74 Å². The Bertz CT molecular complexity index is 725. The smallest absolute Gasteiger partial charge is 0.408 e. The van der Waals surface area contributed by atoms with Gasteiger partial charge in [-0.1, -0.05) is 23.4 Å². The van der Waals surface area contributed by atoms with Gasteiger partial charge in [-0.05, 0) is 26.8 Å². The lowest BCUT2D eigenvalue weighted by atomic mass is 10.2. The van der Waals surface area contributed by atoms with Gasteiger partial charge >= 0.3 is 6.09 Å². The Morgan fingerprint density at radius 2 is 2.24 bits per heavy atom. The van der Waals surface area contributed by atoms with Gasteiger partial charge in [0, 0.05) is 0 Å². The Morgan fingerprint density at radius 3 is 2.90 bits per heavy atom. The fraction of sp³-hybridized carbons (Fsp3) is 0.357. The average molecular weight is 324 g/mol. The highest BCUT2D eigenvalue weighted by Gasteiger charge is 2.15. The number of ether oxygens (including phenoxy) is 1. The van der Waals surface area contributed by atoms with Crippen molar-refractivity contribution in [3.8, 4) is 11.8 Å². The first-order chi connectivity index (χ1) is 9.85. The summed E-state index contributed by atoms with van der Waals surface area (Å²) in [5.74, 6) is 5.81. The second kappa shape index (κ2) is 6.29. The minimum absolute atomic E-state index is 0.211. The number of halogens is 1.